The van der Waals surface area contributed by atoms with Crippen molar-refractivity contribution in [3.8, 4) is 0 Å². The largest absolute Gasteiger partial charge is 0.382 e. The monoisotopic (exact) mass is 270 g/mol. The van der Waals surface area contributed by atoms with Crippen LogP contribution < -0.4 is 5.14 Å². The minimum atomic E-state index is -4.17. The molecule has 0 spiro atoms. The molecule has 6 heteroatoms. The highest BCUT2D eigenvalue weighted by Crippen LogP contribution is 2.12. The van der Waals surface area contributed by atoms with Crippen LogP contribution in [0, 0.1) is 0 Å². The third-order valence-corrected chi connectivity index (χ3v) is 3.65. The van der Waals surface area contributed by atoms with Crippen LogP contribution in [-0.2, 0) is 14.8 Å². The van der Waals surface area contributed by atoms with Gasteiger partial charge in [0, 0.05) is 18.8 Å². The van der Waals surface area contributed by atoms with E-state index in [0.717, 1.165) is 0 Å². The van der Waals surface area contributed by atoms with Gasteiger partial charge in [0.2, 0.25) is 10.0 Å². The molecule has 0 bridgehead atoms. The lowest BCUT2D eigenvalue weighted by molar-refractivity contribution is 0.0952. The first kappa shape index (κ1) is 14.8. The summed E-state index contributed by atoms with van der Waals surface area (Å²) in [7, 11) is -4.17. The van der Waals surface area contributed by atoms with Crippen LogP contribution in [0.2, 0.25) is 0 Å². The van der Waals surface area contributed by atoms with Crippen molar-refractivity contribution in [3.63, 3.8) is 0 Å². The van der Waals surface area contributed by atoms with Crippen molar-refractivity contribution in [1.29, 1.82) is 0 Å². The lowest BCUT2D eigenvalue weighted by Crippen LogP contribution is -2.32. The molecule has 1 N–H and O–H groups in total. The van der Waals surface area contributed by atoms with Crippen LogP contribution in [0.4, 0.5) is 0 Å². The molecule has 99 valence electrons. The normalized spacial score (nSPS) is 13.2. The number of hydrogen-bond donors (Lipinski definition) is 0. The first-order chi connectivity index (χ1) is 8.46. The van der Waals surface area contributed by atoms with Gasteiger partial charge >= 0.3 is 0 Å². The molecule has 1 aromatic carbocycles. The van der Waals surface area contributed by atoms with Crippen molar-refractivity contribution < 1.29 is 17.9 Å². The van der Waals surface area contributed by atoms with Gasteiger partial charge in [-0.25, -0.2) is 8.42 Å². The highest BCUT2D eigenvalue weighted by atomic mass is 32.2. The molecule has 1 aromatic rings. The van der Waals surface area contributed by atoms with E-state index in [2.05, 4.69) is 0 Å². The molecule has 0 aliphatic carbocycles. The number of ketones is 1. The average Bonchev–Trinajstić information content (AvgIpc) is 2.33. The van der Waals surface area contributed by atoms with Crippen molar-refractivity contribution >= 4 is 15.8 Å². The average molecular weight is 270 g/mol. The Hall–Kier alpha value is -1.24. The Bertz CT molecular complexity index is 484. The highest BCUT2D eigenvalue weighted by Gasteiger charge is 2.30. The maximum Gasteiger partial charge on any atom is 0.235 e. The summed E-state index contributed by atoms with van der Waals surface area (Å²) in [6.07, 6.45) is 0.00734. The second kappa shape index (κ2) is 6.63. The van der Waals surface area contributed by atoms with Crippen molar-refractivity contribution in [2.75, 3.05) is 13.2 Å². The van der Waals surface area contributed by atoms with Gasteiger partial charge in [0.05, 0.1) is 0 Å². The van der Waals surface area contributed by atoms with E-state index in [9.17, 15) is 13.2 Å². The van der Waals surface area contributed by atoms with Gasteiger partial charge in [0.1, 0.15) is 5.25 Å². The van der Waals surface area contributed by atoms with E-state index < -0.39 is 21.1 Å². The van der Waals surface area contributed by atoms with E-state index >= 15 is 0 Å². The Morgan fingerprint density at radius 1 is 1.33 bits per heavy atom. The van der Waals surface area contributed by atoms with Crippen LogP contribution in [0.25, 0.3) is 0 Å². The Morgan fingerprint density at radius 2 is 1.94 bits per heavy atom. The van der Waals surface area contributed by atoms with E-state index in [-0.39, 0.29) is 13.0 Å². The van der Waals surface area contributed by atoms with Crippen molar-refractivity contribution in [1.82, 2.24) is 5.14 Å². The molecule has 0 fully saturated rings. The Labute approximate surface area is 107 Å². The summed E-state index contributed by atoms with van der Waals surface area (Å²) in [5.74, 6) is -0.551. The zero-order chi connectivity index (χ0) is 13.6. The first-order valence-corrected chi connectivity index (χ1v) is 7.17. The number of nitrogens with one attached hydrogen (secondary N) is 1. The lowest BCUT2D eigenvalue weighted by atomic mass is 10.1. The van der Waals surface area contributed by atoms with Crippen LogP contribution in [0.15, 0.2) is 30.3 Å². The molecule has 0 aliphatic heterocycles. The molecule has 0 amide bonds. The van der Waals surface area contributed by atoms with Crippen molar-refractivity contribution in [2.45, 2.75) is 18.6 Å². The zero-order valence-electron chi connectivity index (χ0n) is 10.1. The Kier molecular flexibility index (Phi) is 5.46. The molecular formula is C12H16NO4S. The quantitative estimate of drug-likeness (QED) is 0.552. The molecule has 1 atom stereocenters. The number of ether oxygens (including phenoxy) is 1. The maximum atomic E-state index is 12.0. The second-order valence-electron chi connectivity index (χ2n) is 3.75. The van der Waals surface area contributed by atoms with E-state index in [4.69, 9.17) is 9.88 Å². The number of Topliss-reactive ketones (excluding diaryl/α,β-unsaturated/α-hetero) is 1. The van der Waals surface area contributed by atoms with Crippen LogP contribution in [0.5, 0.6) is 0 Å². The van der Waals surface area contributed by atoms with Gasteiger partial charge in [-0.2, -0.15) is 0 Å². The van der Waals surface area contributed by atoms with Crippen molar-refractivity contribution in [3.05, 3.63) is 35.9 Å². The lowest BCUT2D eigenvalue weighted by Gasteiger charge is -2.13. The molecular weight excluding hydrogens is 254 g/mol. The van der Waals surface area contributed by atoms with Gasteiger partial charge in [0.15, 0.2) is 5.78 Å². The first-order valence-electron chi connectivity index (χ1n) is 5.62. The summed E-state index contributed by atoms with van der Waals surface area (Å²) < 4.78 is 27.7. The van der Waals surface area contributed by atoms with E-state index in [1.54, 1.807) is 37.3 Å². The molecule has 0 aromatic heterocycles. The van der Waals surface area contributed by atoms with Crippen LogP contribution in [0.1, 0.15) is 23.7 Å². The molecule has 0 saturated heterocycles. The minimum Gasteiger partial charge on any atom is -0.382 e. The maximum absolute atomic E-state index is 12.0. The molecule has 1 radical (unpaired) electrons. The molecule has 0 saturated carbocycles. The summed E-state index contributed by atoms with van der Waals surface area (Å²) in [4.78, 5) is 12.0. The predicted molar refractivity (Wildman–Crippen MR) is 67.7 cm³/mol. The van der Waals surface area contributed by atoms with Gasteiger partial charge in [-0.15, -0.1) is 5.14 Å². The number of rotatable bonds is 7. The summed E-state index contributed by atoms with van der Waals surface area (Å²) in [6, 6.07) is 8.14. The molecule has 1 rings (SSSR count). The molecule has 1 unspecified atom stereocenters. The van der Waals surface area contributed by atoms with Gasteiger partial charge < -0.3 is 4.74 Å². The fourth-order valence-electron chi connectivity index (χ4n) is 1.55. The second-order valence-corrected chi connectivity index (χ2v) is 5.41. The third kappa shape index (κ3) is 4.21. The third-order valence-electron chi connectivity index (χ3n) is 2.45. The van der Waals surface area contributed by atoms with Crippen LogP contribution in [0.3, 0.4) is 0 Å². The number of benzene rings is 1. The minimum absolute atomic E-state index is 0.00734. The fourth-order valence-corrected chi connectivity index (χ4v) is 2.37. The predicted octanol–water partition coefficient (Wildman–Crippen LogP) is 1.28. The van der Waals surface area contributed by atoms with Crippen molar-refractivity contribution in [2.24, 2.45) is 0 Å². The Balaban J connectivity index is 2.87. The Morgan fingerprint density at radius 3 is 2.44 bits per heavy atom. The summed E-state index contributed by atoms with van der Waals surface area (Å²) in [5, 5.41) is 5.75. The van der Waals surface area contributed by atoms with E-state index in [1.165, 1.54) is 0 Å². The molecule has 0 heterocycles. The standard InChI is InChI=1S/C12H16NO4S/c1-2-17-9-8-11(18(13,15)16)12(14)10-6-4-3-5-7-10/h3-7,11,13H,2,8-9H2,1H3. The van der Waals surface area contributed by atoms with Crippen LogP contribution in [-0.4, -0.2) is 32.7 Å². The molecule has 0 aliphatic rings. The van der Waals surface area contributed by atoms with E-state index in [0.29, 0.717) is 12.2 Å². The summed E-state index contributed by atoms with van der Waals surface area (Å²) >= 11 is 0. The smallest absolute Gasteiger partial charge is 0.235 e. The number of sulfonamides is 1. The SMILES string of the molecule is CCOCCC(C(=O)c1ccccc1)S([NH])(=O)=O. The topological polar surface area (TPSA) is 84.2 Å². The number of carbonyl (C=O) groups is 1. The summed E-state index contributed by atoms with van der Waals surface area (Å²) in [6.45, 7) is 2.38. The van der Waals surface area contributed by atoms with Gasteiger partial charge in [-0.1, -0.05) is 30.3 Å². The summed E-state index contributed by atoms with van der Waals surface area (Å²) in [5.41, 5.74) is 0.301. The van der Waals surface area contributed by atoms with E-state index in [1.807, 2.05) is 0 Å². The number of hydrogen-bond acceptors (Lipinski definition) is 4. The molecule has 18 heavy (non-hydrogen) atoms. The fraction of sp³-hybridized carbons (Fsp3) is 0.417. The highest BCUT2D eigenvalue weighted by molar-refractivity contribution is 7.90. The number of carbonyl (C=O) groups excluding carboxylic acids is 1. The molecule has 5 nitrogen and oxygen atoms in total. The van der Waals surface area contributed by atoms with Gasteiger partial charge in [-0.05, 0) is 13.3 Å². The van der Waals surface area contributed by atoms with Gasteiger partial charge in [0.25, 0.3) is 0 Å². The zero-order valence-corrected chi connectivity index (χ0v) is 10.9. The van der Waals surface area contributed by atoms with Gasteiger partial charge in [-0.3, -0.25) is 4.79 Å². The van der Waals surface area contributed by atoms with Crippen LogP contribution >= 0.6 is 0 Å².